The molecule has 2 atom stereocenters. The molecule has 28 heavy (non-hydrogen) atoms. The largest absolute Gasteiger partial charge is 0.507 e. The number of likely N-dealkylation sites (N-methyl/N-ethyl adjacent to an activating group) is 1. The fraction of sp³-hybridized carbons (Fsp3) is 0.455. The molecule has 1 saturated carbocycles. The molecule has 1 aliphatic rings. The molecule has 4 rings (SSSR count). The zero-order valence-electron chi connectivity index (χ0n) is 17.0. The maximum atomic E-state index is 10.8. The molecular formula is C22H28N4OS. The van der Waals surface area contributed by atoms with Crippen LogP contribution in [0.3, 0.4) is 0 Å². The molecule has 5 nitrogen and oxygen atoms in total. The average molecular weight is 397 g/mol. The van der Waals surface area contributed by atoms with Gasteiger partial charge in [-0.15, -0.1) is 21.5 Å². The number of benzene rings is 1. The number of rotatable bonds is 4. The fourth-order valence-electron chi connectivity index (χ4n) is 4.32. The summed E-state index contributed by atoms with van der Waals surface area (Å²) in [5.41, 5.74) is 2.49. The van der Waals surface area contributed by atoms with E-state index in [-0.39, 0.29) is 0 Å². The van der Waals surface area contributed by atoms with Crippen LogP contribution in [0.25, 0.3) is 21.3 Å². The van der Waals surface area contributed by atoms with E-state index < -0.39 is 0 Å². The number of aromatic nitrogens is 2. The van der Waals surface area contributed by atoms with Crippen LogP contribution in [-0.4, -0.2) is 46.4 Å². The van der Waals surface area contributed by atoms with Gasteiger partial charge < -0.3 is 15.3 Å². The van der Waals surface area contributed by atoms with Crippen molar-refractivity contribution < 1.29 is 5.11 Å². The number of aryl methyl sites for hydroxylation is 2. The summed E-state index contributed by atoms with van der Waals surface area (Å²) in [6.07, 6.45) is 4.90. The second kappa shape index (κ2) is 7.68. The summed E-state index contributed by atoms with van der Waals surface area (Å²) in [6.45, 7) is 4.09. The van der Waals surface area contributed by atoms with Gasteiger partial charge in [0.15, 0.2) is 0 Å². The molecule has 148 valence electrons. The zero-order valence-corrected chi connectivity index (χ0v) is 17.8. The number of phenols is 1. The number of phenolic OH excluding ortho intramolecular Hbond substituents is 1. The van der Waals surface area contributed by atoms with Gasteiger partial charge in [-0.2, -0.15) is 0 Å². The lowest BCUT2D eigenvalue weighted by Crippen LogP contribution is -2.45. The lowest BCUT2D eigenvalue weighted by atomic mass is 9.89. The lowest BCUT2D eigenvalue weighted by molar-refractivity contribution is 0.211. The van der Waals surface area contributed by atoms with Crippen molar-refractivity contribution in [1.82, 2.24) is 15.1 Å². The van der Waals surface area contributed by atoms with E-state index >= 15 is 0 Å². The van der Waals surface area contributed by atoms with Gasteiger partial charge >= 0.3 is 0 Å². The smallest absolute Gasteiger partial charge is 0.149 e. The molecule has 1 fully saturated rings. The Morgan fingerprint density at radius 2 is 1.89 bits per heavy atom. The molecule has 0 bridgehead atoms. The molecule has 0 spiro atoms. The minimum absolute atomic E-state index is 0.292. The van der Waals surface area contributed by atoms with Crippen molar-refractivity contribution in [2.24, 2.45) is 0 Å². The van der Waals surface area contributed by atoms with Gasteiger partial charge in [-0.25, -0.2) is 0 Å². The van der Waals surface area contributed by atoms with Crippen LogP contribution in [0, 0.1) is 13.8 Å². The second-order valence-corrected chi connectivity index (χ2v) is 9.35. The maximum Gasteiger partial charge on any atom is 0.149 e. The van der Waals surface area contributed by atoms with Crippen molar-refractivity contribution in [2.45, 2.75) is 51.6 Å². The summed E-state index contributed by atoms with van der Waals surface area (Å²) in [5, 5.41) is 24.2. The summed E-state index contributed by atoms with van der Waals surface area (Å²) >= 11 is 1.69. The highest BCUT2D eigenvalue weighted by Crippen LogP contribution is 2.39. The van der Waals surface area contributed by atoms with Crippen molar-refractivity contribution in [3.8, 4) is 17.0 Å². The lowest BCUT2D eigenvalue weighted by Gasteiger charge is -2.36. The third kappa shape index (κ3) is 3.59. The van der Waals surface area contributed by atoms with Gasteiger partial charge in [0.05, 0.1) is 5.69 Å². The number of aromatic hydroxyl groups is 1. The van der Waals surface area contributed by atoms with Crippen LogP contribution < -0.4 is 5.32 Å². The number of anilines is 1. The van der Waals surface area contributed by atoms with Gasteiger partial charge in [0.2, 0.25) is 0 Å². The first-order chi connectivity index (χ1) is 13.4. The van der Waals surface area contributed by atoms with E-state index in [1.54, 1.807) is 11.3 Å². The number of thiophene rings is 1. The Balaban J connectivity index is 1.62. The summed E-state index contributed by atoms with van der Waals surface area (Å²) in [7, 11) is 4.30. The van der Waals surface area contributed by atoms with Crippen molar-refractivity contribution in [3.05, 3.63) is 34.7 Å². The van der Waals surface area contributed by atoms with E-state index in [9.17, 15) is 5.11 Å². The first-order valence-electron chi connectivity index (χ1n) is 9.94. The summed E-state index contributed by atoms with van der Waals surface area (Å²) in [4.78, 5) is 3.49. The second-order valence-electron chi connectivity index (χ2n) is 8.06. The molecular weight excluding hydrogens is 368 g/mol. The first-order valence-corrected chi connectivity index (χ1v) is 10.8. The molecule has 2 heterocycles. The summed E-state index contributed by atoms with van der Waals surface area (Å²) in [5.74, 6) is 1.10. The molecule has 0 unspecified atom stereocenters. The Bertz CT molecular complexity index is 998. The number of nitrogens with one attached hydrogen (secondary N) is 1. The minimum Gasteiger partial charge on any atom is -0.507 e. The summed E-state index contributed by atoms with van der Waals surface area (Å²) in [6, 6.07) is 8.99. The van der Waals surface area contributed by atoms with Crippen LogP contribution in [0.4, 0.5) is 5.82 Å². The maximum absolute atomic E-state index is 10.8. The van der Waals surface area contributed by atoms with E-state index in [0.29, 0.717) is 17.8 Å². The number of hydrogen-bond donors (Lipinski definition) is 2. The monoisotopic (exact) mass is 396 g/mol. The van der Waals surface area contributed by atoms with Crippen LogP contribution in [0.5, 0.6) is 5.75 Å². The highest BCUT2D eigenvalue weighted by molar-refractivity contribution is 7.19. The predicted octanol–water partition coefficient (Wildman–Crippen LogP) is 4.97. The van der Waals surface area contributed by atoms with E-state index in [0.717, 1.165) is 39.1 Å². The number of fused-ring (bicyclic) bond motifs is 1. The molecule has 0 amide bonds. The van der Waals surface area contributed by atoms with Gasteiger partial charge in [0.1, 0.15) is 11.6 Å². The first kappa shape index (κ1) is 19.2. The molecule has 1 aromatic carbocycles. The Morgan fingerprint density at radius 1 is 1.11 bits per heavy atom. The van der Waals surface area contributed by atoms with Gasteiger partial charge in [0.25, 0.3) is 0 Å². The Morgan fingerprint density at radius 3 is 2.64 bits per heavy atom. The predicted molar refractivity (Wildman–Crippen MR) is 117 cm³/mol. The molecule has 1 aliphatic carbocycles. The van der Waals surface area contributed by atoms with Crippen LogP contribution in [-0.2, 0) is 0 Å². The molecule has 0 radical (unpaired) electrons. The van der Waals surface area contributed by atoms with Crippen molar-refractivity contribution >= 4 is 27.2 Å². The number of nitrogens with zero attached hydrogens (tertiary/aromatic N) is 3. The third-order valence-corrected chi connectivity index (χ3v) is 6.78. The standard InChI is InChI=1S/C22H28N4OS/c1-13-11-20(23-17-7-5-6-8-18(17)26(3)4)24-25-21(13)15-9-10-19-16(22(15)27)12-14(2)28-19/h9-12,17-18,27H,5-8H2,1-4H3,(H,23,24)/t17-,18-/m1/s1. The van der Waals surface area contributed by atoms with Crippen LogP contribution in [0.15, 0.2) is 24.3 Å². The van der Waals surface area contributed by atoms with E-state index in [1.807, 2.05) is 25.1 Å². The Kier molecular flexibility index (Phi) is 5.25. The third-order valence-electron chi connectivity index (χ3n) is 5.76. The van der Waals surface area contributed by atoms with Crippen LogP contribution in [0.2, 0.25) is 0 Å². The highest BCUT2D eigenvalue weighted by atomic mass is 32.1. The van der Waals surface area contributed by atoms with Crippen molar-refractivity contribution in [3.63, 3.8) is 0 Å². The molecule has 6 heteroatoms. The van der Waals surface area contributed by atoms with Gasteiger partial charge in [-0.05, 0) is 70.6 Å². The van der Waals surface area contributed by atoms with Crippen molar-refractivity contribution in [1.29, 1.82) is 0 Å². The molecule has 0 saturated heterocycles. The Labute approximate surface area is 170 Å². The van der Waals surface area contributed by atoms with Crippen LogP contribution >= 0.6 is 11.3 Å². The van der Waals surface area contributed by atoms with Crippen LogP contribution in [0.1, 0.15) is 36.1 Å². The van der Waals surface area contributed by atoms with Gasteiger partial charge in [-0.1, -0.05) is 12.8 Å². The number of hydrogen-bond acceptors (Lipinski definition) is 6. The van der Waals surface area contributed by atoms with Crippen molar-refractivity contribution in [2.75, 3.05) is 19.4 Å². The van der Waals surface area contributed by atoms with E-state index in [1.165, 1.54) is 24.1 Å². The fourth-order valence-corrected chi connectivity index (χ4v) is 5.25. The quantitative estimate of drug-likeness (QED) is 0.652. The zero-order chi connectivity index (χ0) is 19.8. The van der Waals surface area contributed by atoms with E-state index in [4.69, 9.17) is 0 Å². The summed E-state index contributed by atoms with van der Waals surface area (Å²) < 4.78 is 1.09. The molecule has 0 aliphatic heterocycles. The molecule has 2 N–H and O–H groups in total. The van der Waals surface area contributed by atoms with Gasteiger partial charge in [0, 0.05) is 32.6 Å². The van der Waals surface area contributed by atoms with Gasteiger partial charge in [-0.3, -0.25) is 0 Å². The average Bonchev–Trinajstić information content (AvgIpc) is 3.04. The minimum atomic E-state index is 0.292. The highest BCUT2D eigenvalue weighted by Gasteiger charge is 2.27. The molecule has 3 aromatic rings. The normalized spacial score (nSPS) is 20.0. The molecule has 2 aromatic heterocycles. The van der Waals surface area contributed by atoms with E-state index in [2.05, 4.69) is 47.5 Å². The topological polar surface area (TPSA) is 61.3 Å². The Hall–Kier alpha value is -2.18. The SMILES string of the molecule is Cc1cc2c(O)c(-c3nnc(N[C@@H]4CCCC[C@H]4N(C)C)cc3C)ccc2s1.